The lowest BCUT2D eigenvalue weighted by atomic mass is 11.6. The van der Waals surface area contributed by atoms with Crippen LogP contribution in [0.1, 0.15) is 1.43 Å². The second kappa shape index (κ2) is 1.59. The Morgan fingerprint density at radius 2 is 1.50 bits per heavy atom. The standard InChI is InChI=1S/CHF3O3S.H2/c2-1(3,4)8(5,6)7;/h(H,5,6,7);1H. The van der Waals surface area contributed by atoms with Crippen molar-refractivity contribution >= 4 is 10.1 Å². The summed E-state index contributed by atoms with van der Waals surface area (Å²) >= 11 is 0. The number of hydrogen-bond donors (Lipinski definition) is 1. The number of rotatable bonds is 0. The summed E-state index contributed by atoms with van der Waals surface area (Å²) in [5, 5.41) is 0. The van der Waals surface area contributed by atoms with Gasteiger partial charge in [-0.25, -0.2) is 0 Å². The van der Waals surface area contributed by atoms with Crippen LogP contribution >= 0.6 is 0 Å². The summed E-state index contributed by atoms with van der Waals surface area (Å²) in [6, 6.07) is 0. The van der Waals surface area contributed by atoms with E-state index in [0.29, 0.717) is 0 Å². The molecule has 0 aromatic heterocycles. The fourth-order valence-electron chi connectivity index (χ4n) is 0. The van der Waals surface area contributed by atoms with Gasteiger partial charge in [-0.2, -0.15) is 21.6 Å². The number of halogens is 3. The lowest BCUT2D eigenvalue weighted by Crippen LogP contribution is -2.21. The van der Waals surface area contributed by atoms with Gasteiger partial charge in [0.1, 0.15) is 0 Å². The first-order chi connectivity index (χ1) is 3.25. The lowest BCUT2D eigenvalue weighted by Gasteiger charge is -1.97. The first kappa shape index (κ1) is 7.70. The fourth-order valence-corrected chi connectivity index (χ4v) is 0. The molecule has 8 heavy (non-hydrogen) atoms. The molecule has 52 valence electrons. The Labute approximate surface area is 44.3 Å². The molecule has 0 aliphatic carbocycles. The van der Waals surface area contributed by atoms with E-state index in [1.165, 1.54) is 0 Å². The van der Waals surface area contributed by atoms with E-state index in [9.17, 15) is 13.2 Å². The molecule has 0 rings (SSSR count). The topological polar surface area (TPSA) is 54.4 Å². The molecule has 7 heteroatoms. The highest BCUT2D eigenvalue weighted by molar-refractivity contribution is 7.86. The highest BCUT2D eigenvalue weighted by Crippen LogP contribution is 2.20. The minimum atomic E-state index is -5.84. The van der Waals surface area contributed by atoms with Crippen LogP contribution in [0.5, 0.6) is 0 Å². The maximum Gasteiger partial charge on any atom is 0.522 e. The monoisotopic (exact) mass is 152 g/mol. The predicted molar refractivity (Wildman–Crippen MR) is 19.7 cm³/mol. The van der Waals surface area contributed by atoms with E-state index in [2.05, 4.69) is 0 Å². The molecule has 0 aromatic carbocycles. The molecule has 3 nitrogen and oxygen atoms in total. The Morgan fingerprint density at radius 3 is 1.50 bits per heavy atom. The van der Waals surface area contributed by atoms with Gasteiger partial charge in [0.15, 0.2) is 0 Å². The zero-order chi connectivity index (χ0) is 7.00. The van der Waals surface area contributed by atoms with Crippen LogP contribution in [0.15, 0.2) is 0 Å². The van der Waals surface area contributed by atoms with Crippen molar-refractivity contribution in [2.24, 2.45) is 0 Å². The van der Waals surface area contributed by atoms with E-state index >= 15 is 0 Å². The number of alkyl halides is 3. The van der Waals surface area contributed by atoms with Gasteiger partial charge >= 0.3 is 15.6 Å². The summed E-state index contributed by atoms with van der Waals surface area (Å²) in [6.07, 6.45) is 0. The molecule has 0 radical (unpaired) electrons. The van der Waals surface area contributed by atoms with E-state index < -0.39 is 15.6 Å². The van der Waals surface area contributed by atoms with Gasteiger partial charge in [-0.3, -0.25) is 4.55 Å². The van der Waals surface area contributed by atoms with Gasteiger partial charge in [-0.1, -0.05) is 0 Å². The average molecular weight is 152 g/mol. The minimum Gasteiger partial charge on any atom is -0.279 e. The molecule has 0 unspecified atom stereocenters. The summed E-state index contributed by atoms with van der Waals surface area (Å²) in [6.45, 7) is 0. The zero-order valence-electron chi connectivity index (χ0n) is 3.31. The molecule has 0 amide bonds. The maximum atomic E-state index is 10.7. The van der Waals surface area contributed by atoms with E-state index in [1.54, 1.807) is 0 Å². The normalized spacial score (nSPS) is 14.0. The Morgan fingerprint density at radius 1 is 1.38 bits per heavy atom. The number of hydrogen-bond acceptors (Lipinski definition) is 2. The second-order valence-electron chi connectivity index (χ2n) is 0.921. The molecule has 0 saturated carbocycles. The third kappa shape index (κ3) is 1.66. The third-order valence-corrected chi connectivity index (χ3v) is 0.877. The van der Waals surface area contributed by atoms with Crippen LogP contribution in [-0.2, 0) is 10.1 Å². The van der Waals surface area contributed by atoms with Gasteiger partial charge in [0.25, 0.3) is 0 Å². The highest BCUT2D eigenvalue weighted by atomic mass is 32.2. The Balaban J connectivity index is 0. The smallest absolute Gasteiger partial charge is 0.279 e. The highest BCUT2D eigenvalue weighted by Gasteiger charge is 2.44. The van der Waals surface area contributed by atoms with Crippen LogP contribution in [0.2, 0.25) is 0 Å². The summed E-state index contributed by atoms with van der Waals surface area (Å²) in [7, 11) is -5.84. The molecule has 0 spiro atoms. The van der Waals surface area contributed by atoms with Crippen molar-refractivity contribution in [1.29, 1.82) is 0 Å². The van der Waals surface area contributed by atoms with Gasteiger partial charge in [0, 0.05) is 1.43 Å². The van der Waals surface area contributed by atoms with Gasteiger partial charge in [-0.15, -0.1) is 0 Å². The maximum absolute atomic E-state index is 10.7. The van der Waals surface area contributed by atoms with Crippen molar-refractivity contribution in [3.63, 3.8) is 0 Å². The van der Waals surface area contributed by atoms with Gasteiger partial charge in [-0.05, 0) is 0 Å². The van der Waals surface area contributed by atoms with Crippen molar-refractivity contribution in [1.82, 2.24) is 0 Å². The molecule has 1 N–H and O–H groups in total. The van der Waals surface area contributed by atoms with Crippen molar-refractivity contribution in [3.8, 4) is 0 Å². The van der Waals surface area contributed by atoms with Crippen LogP contribution in [-0.4, -0.2) is 18.5 Å². The van der Waals surface area contributed by atoms with Crippen LogP contribution < -0.4 is 0 Å². The summed E-state index contributed by atoms with van der Waals surface area (Å²) in [5.74, 6) is 0. The van der Waals surface area contributed by atoms with Crippen molar-refractivity contribution in [2.75, 3.05) is 0 Å². The van der Waals surface area contributed by atoms with Crippen LogP contribution in [0, 0.1) is 0 Å². The molecule has 0 aliphatic heterocycles. The van der Waals surface area contributed by atoms with Crippen LogP contribution in [0.3, 0.4) is 0 Å². The molecule has 0 bridgehead atoms. The molecule has 0 aliphatic rings. The zero-order valence-corrected chi connectivity index (χ0v) is 4.12. The van der Waals surface area contributed by atoms with E-state index in [0.717, 1.165) is 0 Å². The van der Waals surface area contributed by atoms with Crippen molar-refractivity contribution in [2.45, 2.75) is 5.51 Å². The van der Waals surface area contributed by atoms with E-state index in [-0.39, 0.29) is 1.43 Å². The van der Waals surface area contributed by atoms with Crippen LogP contribution in [0.25, 0.3) is 0 Å². The lowest BCUT2D eigenvalue weighted by molar-refractivity contribution is -0.0510. The van der Waals surface area contributed by atoms with Gasteiger partial charge < -0.3 is 0 Å². The molecule has 0 saturated heterocycles. The van der Waals surface area contributed by atoms with Gasteiger partial charge in [0.05, 0.1) is 0 Å². The first-order valence-electron chi connectivity index (χ1n) is 1.29. The molecular formula is CH3F3O3S. The fraction of sp³-hybridized carbons (Fsp3) is 1.00. The van der Waals surface area contributed by atoms with E-state index in [1.807, 2.05) is 0 Å². The summed E-state index contributed by atoms with van der Waals surface area (Å²) < 4.78 is 57.5. The molecule has 0 atom stereocenters. The molecular weight excluding hydrogens is 149 g/mol. The van der Waals surface area contributed by atoms with Crippen molar-refractivity contribution < 1.29 is 27.6 Å². The SMILES string of the molecule is O=S(=O)(O)C(F)(F)F.[HH]. The quantitative estimate of drug-likeness (QED) is 0.409. The Kier molecular flexibility index (Phi) is 1.53. The van der Waals surface area contributed by atoms with Crippen molar-refractivity contribution in [3.05, 3.63) is 0 Å². The summed E-state index contributed by atoms with van der Waals surface area (Å²) in [4.78, 5) is 0. The second-order valence-corrected chi connectivity index (χ2v) is 2.33. The van der Waals surface area contributed by atoms with E-state index in [4.69, 9.17) is 13.0 Å². The average Bonchev–Trinajstić information content (AvgIpc) is 1.25. The Hall–Kier alpha value is -0.300. The minimum absolute atomic E-state index is 0. The molecule has 0 heterocycles. The van der Waals surface area contributed by atoms with Crippen LogP contribution in [0.4, 0.5) is 13.2 Å². The van der Waals surface area contributed by atoms with Gasteiger partial charge in [0.2, 0.25) is 0 Å². The molecule has 0 aromatic rings. The predicted octanol–water partition coefficient (Wildman–Crippen LogP) is 0.640. The molecule has 0 fully saturated rings. The Bertz CT molecular complexity index is 168. The third-order valence-electron chi connectivity index (χ3n) is 0.292. The summed E-state index contributed by atoms with van der Waals surface area (Å²) in [5.41, 5.74) is -5.53. The first-order valence-corrected chi connectivity index (χ1v) is 2.73. The largest absolute Gasteiger partial charge is 0.522 e.